The van der Waals surface area contributed by atoms with E-state index in [0.29, 0.717) is 6.61 Å². The van der Waals surface area contributed by atoms with Crippen LogP contribution in [0.4, 0.5) is 4.39 Å². The van der Waals surface area contributed by atoms with Crippen molar-refractivity contribution in [2.75, 3.05) is 40.9 Å². The molecule has 0 fully saturated rings. The summed E-state index contributed by atoms with van der Waals surface area (Å²) in [5, 5.41) is 3.51. The maximum Gasteiger partial charge on any atom is 0.161 e. The second-order valence-electron chi connectivity index (χ2n) is 7.05. The van der Waals surface area contributed by atoms with E-state index in [-0.39, 0.29) is 11.9 Å². The molecule has 0 saturated carbocycles. The molecule has 1 N–H and O–H groups in total. The normalized spacial score (nSPS) is 16.5. The first-order chi connectivity index (χ1) is 12.5. The zero-order valence-electron chi connectivity index (χ0n) is 15.9. The van der Waals surface area contributed by atoms with Gasteiger partial charge in [0.15, 0.2) is 11.5 Å². The first-order valence-electron chi connectivity index (χ1n) is 8.96. The number of hydrogen-bond donors (Lipinski definition) is 1. The molecule has 1 unspecified atom stereocenters. The number of nitrogens with zero attached hydrogens (tertiary/aromatic N) is 1. The van der Waals surface area contributed by atoms with Gasteiger partial charge in [-0.05, 0) is 74.0 Å². The SMILES string of the molecule is COc1cc2c(cc1OCCN(C)C)C(c1cc(C)cc(F)c1)NCC2. The molecular formula is C21H27FN2O2. The van der Waals surface area contributed by atoms with Gasteiger partial charge in [0.2, 0.25) is 0 Å². The van der Waals surface area contributed by atoms with Crippen molar-refractivity contribution in [1.29, 1.82) is 0 Å². The molecule has 1 aliphatic rings. The lowest BCUT2D eigenvalue weighted by Gasteiger charge is -2.29. The van der Waals surface area contributed by atoms with Crippen molar-refractivity contribution in [2.45, 2.75) is 19.4 Å². The quantitative estimate of drug-likeness (QED) is 0.859. The molecule has 3 rings (SSSR count). The summed E-state index contributed by atoms with van der Waals surface area (Å²) in [4.78, 5) is 2.07. The molecular weight excluding hydrogens is 331 g/mol. The van der Waals surface area contributed by atoms with Gasteiger partial charge in [0.05, 0.1) is 13.2 Å². The van der Waals surface area contributed by atoms with Gasteiger partial charge in [-0.2, -0.15) is 0 Å². The Kier molecular flexibility index (Phi) is 5.79. The van der Waals surface area contributed by atoms with Gasteiger partial charge in [-0.3, -0.25) is 0 Å². The Morgan fingerprint density at radius 2 is 1.96 bits per heavy atom. The van der Waals surface area contributed by atoms with Gasteiger partial charge in [-0.25, -0.2) is 4.39 Å². The van der Waals surface area contributed by atoms with Crippen LogP contribution >= 0.6 is 0 Å². The average Bonchev–Trinajstić information content (AvgIpc) is 2.59. The number of nitrogens with one attached hydrogen (secondary N) is 1. The highest BCUT2D eigenvalue weighted by Gasteiger charge is 2.24. The fourth-order valence-electron chi connectivity index (χ4n) is 3.40. The third-order valence-electron chi connectivity index (χ3n) is 4.67. The van der Waals surface area contributed by atoms with Crippen molar-refractivity contribution in [3.8, 4) is 11.5 Å². The number of halogens is 1. The average molecular weight is 358 g/mol. The number of hydrogen-bond acceptors (Lipinski definition) is 4. The summed E-state index contributed by atoms with van der Waals surface area (Å²) in [6, 6.07) is 9.25. The summed E-state index contributed by atoms with van der Waals surface area (Å²) in [6.07, 6.45) is 0.911. The van der Waals surface area contributed by atoms with Crippen LogP contribution < -0.4 is 14.8 Å². The molecule has 5 heteroatoms. The predicted octanol–water partition coefficient (Wildman–Crippen LogP) is 3.32. The largest absolute Gasteiger partial charge is 0.493 e. The van der Waals surface area contributed by atoms with Crippen LogP contribution in [0.3, 0.4) is 0 Å². The second kappa shape index (κ2) is 8.06. The highest BCUT2D eigenvalue weighted by molar-refractivity contribution is 5.51. The third-order valence-corrected chi connectivity index (χ3v) is 4.67. The van der Waals surface area contributed by atoms with Gasteiger partial charge in [0, 0.05) is 13.1 Å². The monoisotopic (exact) mass is 358 g/mol. The van der Waals surface area contributed by atoms with Gasteiger partial charge in [-0.15, -0.1) is 0 Å². The zero-order chi connectivity index (χ0) is 18.7. The number of ether oxygens (including phenoxy) is 2. The van der Waals surface area contributed by atoms with E-state index in [0.717, 1.165) is 47.7 Å². The minimum atomic E-state index is -0.204. The predicted molar refractivity (Wildman–Crippen MR) is 102 cm³/mol. The molecule has 0 aromatic heterocycles. The summed E-state index contributed by atoms with van der Waals surface area (Å²) in [5.74, 6) is 1.28. The Morgan fingerprint density at radius 3 is 2.65 bits per heavy atom. The van der Waals surface area contributed by atoms with Crippen LogP contribution in [-0.4, -0.2) is 45.8 Å². The molecule has 2 aromatic rings. The summed E-state index contributed by atoms with van der Waals surface area (Å²) in [7, 11) is 5.69. The first-order valence-corrected chi connectivity index (χ1v) is 8.96. The van der Waals surface area contributed by atoms with Crippen molar-refractivity contribution in [3.05, 3.63) is 58.4 Å². The van der Waals surface area contributed by atoms with Gasteiger partial charge in [0.25, 0.3) is 0 Å². The van der Waals surface area contributed by atoms with E-state index in [4.69, 9.17) is 9.47 Å². The minimum Gasteiger partial charge on any atom is -0.493 e. The van der Waals surface area contributed by atoms with E-state index >= 15 is 0 Å². The molecule has 0 saturated heterocycles. The number of fused-ring (bicyclic) bond motifs is 1. The Hall–Kier alpha value is -2.11. The fourth-order valence-corrected chi connectivity index (χ4v) is 3.40. The van der Waals surface area contributed by atoms with Crippen LogP contribution in [0.1, 0.15) is 28.3 Å². The molecule has 0 radical (unpaired) electrons. The molecule has 2 aromatic carbocycles. The Balaban J connectivity index is 1.96. The van der Waals surface area contributed by atoms with Crippen molar-refractivity contribution in [3.63, 3.8) is 0 Å². The summed E-state index contributed by atoms with van der Waals surface area (Å²) >= 11 is 0. The van der Waals surface area contributed by atoms with Gasteiger partial charge in [0.1, 0.15) is 12.4 Å². The summed E-state index contributed by atoms with van der Waals surface area (Å²) in [5.41, 5.74) is 4.20. The van der Waals surface area contributed by atoms with Crippen LogP contribution in [0.5, 0.6) is 11.5 Å². The smallest absolute Gasteiger partial charge is 0.161 e. The highest BCUT2D eigenvalue weighted by Crippen LogP contribution is 2.37. The molecule has 0 amide bonds. The van der Waals surface area contributed by atoms with Crippen molar-refractivity contribution in [1.82, 2.24) is 10.2 Å². The minimum absolute atomic E-state index is 0.0461. The topological polar surface area (TPSA) is 33.7 Å². The molecule has 4 nitrogen and oxygen atoms in total. The van der Waals surface area contributed by atoms with E-state index in [1.165, 1.54) is 5.56 Å². The molecule has 0 spiro atoms. The van der Waals surface area contributed by atoms with Crippen molar-refractivity contribution in [2.24, 2.45) is 0 Å². The summed E-state index contributed by atoms with van der Waals surface area (Å²) in [6.45, 7) is 4.17. The van der Waals surface area contributed by atoms with E-state index in [2.05, 4.69) is 16.3 Å². The number of benzene rings is 2. The maximum absolute atomic E-state index is 13.9. The van der Waals surface area contributed by atoms with E-state index in [9.17, 15) is 4.39 Å². The summed E-state index contributed by atoms with van der Waals surface area (Å²) < 4.78 is 25.4. The van der Waals surface area contributed by atoms with Crippen LogP contribution in [0.25, 0.3) is 0 Å². The lowest BCUT2D eigenvalue weighted by Crippen LogP contribution is -2.31. The Bertz CT molecular complexity index is 757. The Morgan fingerprint density at radius 1 is 1.15 bits per heavy atom. The number of rotatable bonds is 6. The molecule has 26 heavy (non-hydrogen) atoms. The van der Waals surface area contributed by atoms with Crippen molar-refractivity contribution < 1.29 is 13.9 Å². The molecule has 0 aliphatic carbocycles. The molecule has 1 heterocycles. The van der Waals surface area contributed by atoms with Gasteiger partial charge >= 0.3 is 0 Å². The van der Waals surface area contributed by atoms with E-state index in [1.807, 2.05) is 33.2 Å². The van der Waals surface area contributed by atoms with Crippen LogP contribution in [-0.2, 0) is 6.42 Å². The molecule has 140 valence electrons. The second-order valence-corrected chi connectivity index (χ2v) is 7.05. The third kappa shape index (κ3) is 4.17. The zero-order valence-corrected chi connectivity index (χ0v) is 15.9. The molecule has 1 aliphatic heterocycles. The van der Waals surface area contributed by atoms with Crippen LogP contribution in [0, 0.1) is 12.7 Å². The number of methoxy groups -OCH3 is 1. The highest BCUT2D eigenvalue weighted by atomic mass is 19.1. The van der Waals surface area contributed by atoms with E-state index in [1.54, 1.807) is 19.2 Å². The van der Waals surface area contributed by atoms with Gasteiger partial charge in [-0.1, -0.05) is 6.07 Å². The standard InChI is InChI=1S/C21H27FN2O2/c1-14-9-16(11-17(22)10-14)21-18-13-20(26-8-7-24(2)3)19(25-4)12-15(18)5-6-23-21/h9-13,21,23H,5-8H2,1-4H3. The molecule has 1 atom stereocenters. The lowest BCUT2D eigenvalue weighted by atomic mass is 9.89. The van der Waals surface area contributed by atoms with Crippen LogP contribution in [0.2, 0.25) is 0 Å². The molecule has 0 bridgehead atoms. The number of likely N-dealkylation sites (N-methyl/N-ethyl adjacent to an activating group) is 1. The fraction of sp³-hybridized carbons (Fsp3) is 0.429. The van der Waals surface area contributed by atoms with E-state index < -0.39 is 0 Å². The van der Waals surface area contributed by atoms with Crippen LogP contribution in [0.15, 0.2) is 30.3 Å². The van der Waals surface area contributed by atoms with Gasteiger partial charge < -0.3 is 19.7 Å². The lowest BCUT2D eigenvalue weighted by molar-refractivity contribution is 0.250. The van der Waals surface area contributed by atoms with Crippen molar-refractivity contribution >= 4 is 0 Å². The Labute approximate surface area is 154 Å². The first kappa shape index (κ1) is 18.7. The number of aryl methyl sites for hydroxylation is 1. The maximum atomic E-state index is 13.9.